The van der Waals surface area contributed by atoms with Crippen LogP contribution < -0.4 is 5.32 Å². The lowest BCUT2D eigenvalue weighted by Crippen LogP contribution is -2.50. The average molecular weight is 442 g/mol. The second kappa shape index (κ2) is 9.40. The van der Waals surface area contributed by atoms with E-state index in [1.54, 1.807) is 29.9 Å². The third-order valence-electron chi connectivity index (χ3n) is 5.40. The summed E-state index contributed by atoms with van der Waals surface area (Å²) in [5, 5.41) is 11.1. The summed E-state index contributed by atoms with van der Waals surface area (Å²) in [4.78, 5) is 29.1. The van der Waals surface area contributed by atoms with Gasteiger partial charge in [-0.2, -0.15) is 16.4 Å². The van der Waals surface area contributed by atoms with Crippen LogP contribution in [0.1, 0.15) is 20.8 Å². The maximum atomic E-state index is 13.2. The van der Waals surface area contributed by atoms with Gasteiger partial charge in [-0.05, 0) is 41.8 Å². The minimum absolute atomic E-state index is 0.0526. The summed E-state index contributed by atoms with van der Waals surface area (Å²) < 4.78 is 14.7. The Hall–Kier alpha value is -3.04. The molecule has 0 saturated carbocycles. The van der Waals surface area contributed by atoms with Gasteiger partial charge < -0.3 is 10.2 Å². The van der Waals surface area contributed by atoms with Crippen LogP contribution >= 0.6 is 11.3 Å². The van der Waals surface area contributed by atoms with Crippen molar-refractivity contribution in [1.82, 2.24) is 24.9 Å². The second-order valence-corrected chi connectivity index (χ2v) is 8.23. The standard InChI is InChI=1S/C22H24FN5O2S/c1-26-20(14-19(25-26)16-2-4-18(23)5-3-16)22(30)28-11-9-27(10-12-28)8-7-24-21(29)17-6-13-31-15-17/h2-6,13-15H,7-12H2,1H3,(H,24,29). The Kier molecular flexibility index (Phi) is 6.43. The van der Waals surface area contributed by atoms with E-state index in [9.17, 15) is 14.0 Å². The molecule has 1 N–H and O–H groups in total. The highest BCUT2D eigenvalue weighted by atomic mass is 32.1. The molecule has 2 amide bonds. The van der Waals surface area contributed by atoms with Crippen molar-refractivity contribution < 1.29 is 14.0 Å². The van der Waals surface area contributed by atoms with Crippen molar-refractivity contribution in [2.24, 2.45) is 7.05 Å². The second-order valence-electron chi connectivity index (χ2n) is 7.45. The van der Waals surface area contributed by atoms with Gasteiger partial charge in [-0.1, -0.05) is 0 Å². The monoisotopic (exact) mass is 441 g/mol. The number of nitrogens with zero attached hydrogens (tertiary/aromatic N) is 4. The summed E-state index contributed by atoms with van der Waals surface area (Å²) in [5.41, 5.74) is 2.61. The number of piperazine rings is 1. The molecule has 0 bridgehead atoms. The van der Waals surface area contributed by atoms with Crippen LogP contribution in [0, 0.1) is 5.82 Å². The first-order valence-electron chi connectivity index (χ1n) is 10.1. The summed E-state index contributed by atoms with van der Waals surface area (Å²) in [6.45, 7) is 4.07. The number of hydrogen-bond donors (Lipinski definition) is 1. The van der Waals surface area contributed by atoms with Crippen molar-refractivity contribution >= 4 is 23.2 Å². The number of aromatic nitrogens is 2. The van der Waals surface area contributed by atoms with Crippen LogP contribution in [0.2, 0.25) is 0 Å². The topological polar surface area (TPSA) is 70.5 Å². The van der Waals surface area contributed by atoms with Gasteiger partial charge in [-0.3, -0.25) is 19.2 Å². The number of halogens is 1. The fourth-order valence-electron chi connectivity index (χ4n) is 3.59. The summed E-state index contributed by atoms with van der Waals surface area (Å²) >= 11 is 1.50. The molecule has 4 rings (SSSR count). The molecular formula is C22H24FN5O2S. The maximum absolute atomic E-state index is 13.2. The molecule has 0 radical (unpaired) electrons. The van der Waals surface area contributed by atoms with Gasteiger partial charge in [0.1, 0.15) is 11.5 Å². The number of hydrogen-bond acceptors (Lipinski definition) is 5. The Balaban J connectivity index is 1.28. The number of amides is 2. The lowest BCUT2D eigenvalue weighted by Gasteiger charge is -2.34. The first kappa shape index (κ1) is 21.2. The number of rotatable bonds is 6. The zero-order valence-corrected chi connectivity index (χ0v) is 18.1. The summed E-state index contributed by atoms with van der Waals surface area (Å²) in [7, 11) is 1.74. The van der Waals surface area contributed by atoms with E-state index in [4.69, 9.17) is 0 Å². The summed E-state index contributed by atoms with van der Waals surface area (Å²) in [5.74, 6) is -0.420. The van der Waals surface area contributed by atoms with E-state index in [1.807, 2.05) is 21.7 Å². The van der Waals surface area contributed by atoms with Crippen molar-refractivity contribution in [2.45, 2.75) is 0 Å². The third kappa shape index (κ3) is 5.00. The molecule has 0 aliphatic carbocycles. The molecule has 1 fully saturated rings. The van der Waals surface area contributed by atoms with Crippen LogP contribution in [-0.4, -0.2) is 70.7 Å². The van der Waals surface area contributed by atoms with Crippen molar-refractivity contribution in [2.75, 3.05) is 39.3 Å². The summed E-state index contributed by atoms with van der Waals surface area (Å²) in [6.07, 6.45) is 0. The van der Waals surface area contributed by atoms with Crippen molar-refractivity contribution in [3.8, 4) is 11.3 Å². The Labute approximate surface area is 184 Å². The highest BCUT2D eigenvalue weighted by Crippen LogP contribution is 2.20. The fourth-order valence-corrected chi connectivity index (χ4v) is 4.22. The van der Waals surface area contributed by atoms with Crippen LogP contribution in [0.5, 0.6) is 0 Å². The van der Waals surface area contributed by atoms with Gasteiger partial charge in [0.2, 0.25) is 0 Å². The third-order valence-corrected chi connectivity index (χ3v) is 6.08. The van der Waals surface area contributed by atoms with Crippen LogP contribution in [0.15, 0.2) is 47.2 Å². The zero-order valence-electron chi connectivity index (χ0n) is 17.3. The number of carbonyl (C=O) groups is 2. The lowest BCUT2D eigenvalue weighted by molar-refractivity contribution is 0.0627. The molecule has 1 aliphatic rings. The number of thiophene rings is 1. The first-order chi connectivity index (χ1) is 15.0. The highest BCUT2D eigenvalue weighted by Gasteiger charge is 2.25. The van der Waals surface area contributed by atoms with E-state index in [0.29, 0.717) is 36.6 Å². The predicted octanol–water partition coefficient (Wildman–Crippen LogP) is 2.48. The number of nitrogens with one attached hydrogen (secondary N) is 1. The molecule has 1 aromatic carbocycles. The zero-order chi connectivity index (χ0) is 21.8. The quantitative estimate of drug-likeness (QED) is 0.638. The minimum Gasteiger partial charge on any atom is -0.351 e. The number of benzene rings is 1. The van der Waals surface area contributed by atoms with Crippen LogP contribution in [-0.2, 0) is 7.05 Å². The maximum Gasteiger partial charge on any atom is 0.272 e. The molecule has 0 atom stereocenters. The number of aryl methyl sites for hydroxylation is 1. The van der Waals surface area contributed by atoms with Gasteiger partial charge >= 0.3 is 0 Å². The van der Waals surface area contributed by atoms with Gasteiger partial charge in [-0.25, -0.2) is 4.39 Å². The SMILES string of the molecule is Cn1nc(-c2ccc(F)cc2)cc1C(=O)N1CCN(CCNC(=O)c2ccsc2)CC1. The van der Waals surface area contributed by atoms with Gasteiger partial charge in [0.25, 0.3) is 11.8 Å². The summed E-state index contributed by atoms with van der Waals surface area (Å²) in [6, 6.07) is 9.64. The Morgan fingerprint density at radius 2 is 1.87 bits per heavy atom. The first-order valence-corrected chi connectivity index (χ1v) is 11.1. The molecule has 1 aliphatic heterocycles. The molecule has 1 saturated heterocycles. The number of carbonyl (C=O) groups excluding carboxylic acids is 2. The molecule has 0 unspecified atom stereocenters. The molecule has 162 valence electrons. The molecule has 3 aromatic rings. The van der Waals surface area contributed by atoms with Crippen molar-refractivity contribution in [3.63, 3.8) is 0 Å². The molecule has 9 heteroatoms. The van der Waals surface area contributed by atoms with Crippen molar-refractivity contribution in [3.05, 3.63) is 64.2 Å². The minimum atomic E-state index is -0.306. The van der Waals surface area contributed by atoms with Gasteiger partial charge in [0.05, 0.1) is 5.69 Å². The Morgan fingerprint density at radius 3 is 2.55 bits per heavy atom. The van der Waals surface area contributed by atoms with E-state index < -0.39 is 0 Å². The highest BCUT2D eigenvalue weighted by molar-refractivity contribution is 7.08. The van der Waals surface area contributed by atoms with E-state index >= 15 is 0 Å². The van der Waals surface area contributed by atoms with Crippen LogP contribution in [0.3, 0.4) is 0 Å². The normalized spacial score (nSPS) is 14.6. The molecule has 7 nitrogen and oxygen atoms in total. The van der Waals surface area contributed by atoms with Crippen LogP contribution in [0.25, 0.3) is 11.3 Å². The molecule has 2 aromatic heterocycles. The van der Waals surface area contributed by atoms with Crippen LogP contribution in [0.4, 0.5) is 4.39 Å². The smallest absolute Gasteiger partial charge is 0.272 e. The largest absolute Gasteiger partial charge is 0.351 e. The van der Waals surface area contributed by atoms with E-state index in [0.717, 1.165) is 25.2 Å². The van der Waals surface area contributed by atoms with Gasteiger partial charge in [-0.15, -0.1) is 0 Å². The van der Waals surface area contributed by atoms with E-state index in [1.165, 1.54) is 23.5 Å². The Morgan fingerprint density at radius 1 is 1.13 bits per heavy atom. The molecule has 3 heterocycles. The molecule has 0 spiro atoms. The van der Waals surface area contributed by atoms with Gasteiger partial charge in [0, 0.05) is 62.8 Å². The lowest BCUT2D eigenvalue weighted by atomic mass is 10.1. The van der Waals surface area contributed by atoms with Crippen molar-refractivity contribution in [1.29, 1.82) is 0 Å². The average Bonchev–Trinajstić information content (AvgIpc) is 3.44. The van der Waals surface area contributed by atoms with Gasteiger partial charge in [0.15, 0.2) is 0 Å². The fraction of sp³-hybridized carbons (Fsp3) is 0.318. The predicted molar refractivity (Wildman–Crippen MR) is 118 cm³/mol. The Bertz CT molecular complexity index is 1040. The van der Waals surface area contributed by atoms with E-state index in [-0.39, 0.29) is 17.6 Å². The molecular weight excluding hydrogens is 417 g/mol. The van der Waals surface area contributed by atoms with E-state index in [2.05, 4.69) is 15.3 Å². The molecule has 31 heavy (non-hydrogen) atoms.